The fourth-order valence-corrected chi connectivity index (χ4v) is 5.43. The number of benzene rings is 2. The molecule has 0 spiro atoms. The van der Waals surface area contributed by atoms with Crippen molar-refractivity contribution in [2.45, 2.75) is 24.7 Å². The minimum absolute atomic E-state index is 0.155. The van der Waals surface area contributed by atoms with Crippen LogP contribution in [0.2, 0.25) is 0 Å². The maximum Gasteiger partial charge on any atom is 0.270 e. The number of sulfonamides is 1. The van der Waals surface area contributed by atoms with E-state index in [9.17, 15) is 18.0 Å². The quantitative estimate of drug-likeness (QED) is 0.622. The molecule has 0 bridgehead atoms. The maximum absolute atomic E-state index is 13.1. The van der Waals surface area contributed by atoms with E-state index in [0.29, 0.717) is 11.4 Å². The SMILES string of the molecule is Cc1cccc(N2N=C(C(=O)N3CCN(S(=O)(=O)c4ccc(Br)cc4)CC3)CCC2=O)c1. The highest BCUT2D eigenvalue weighted by molar-refractivity contribution is 9.10. The number of hydrazone groups is 1. The number of amides is 2. The van der Waals surface area contributed by atoms with Gasteiger partial charge in [-0.05, 0) is 48.9 Å². The van der Waals surface area contributed by atoms with Crippen molar-refractivity contribution in [3.63, 3.8) is 0 Å². The van der Waals surface area contributed by atoms with E-state index in [1.54, 1.807) is 35.2 Å². The van der Waals surface area contributed by atoms with Gasteiger partial charge in [0.05, 0.1) is 10.6 Å². The van der Waals surface area contributed by atoms with Gasteiger partial charge in [0.2, 0.25) is 15.9 Å². The zero-order valence-electron chi connectivity index (χ0n) is 17.6. The van der Waals surface area contributed by atoms with Crippen LogP contribution in [0.25, 0.3) is 0 Å². The van der Waals surface area contributed by atoms with E-state index in [0.717, 1.165) is 10.0 Å². The molecule has 10 heteroatoms. The number of hydrogen-bond acceptors (Lipinski definition) is 5. The van der Waals surface area contributed by atoms with Gasteiger partial charge >= 0.3 is 0 Å². The zero-order valence-corrected chi connectivity index (χ0v) is 20.0. The fourth-order valence-electron chi connectivity index (χ4n) is 3.74. The average Bonchev–Trinajstić information content (AvgIpc) is 2.79. The highest BCUT2D eigenvalue weighted by Gasteiger charge is 2.33. The van der Waals surface area contributed by atoms with Crippen LogP contribution in [-0.4, -0.2) is 61.3 Å². The van der Waals surface area contributed by atoms with E-state index in [1.807, 2.05) is 25.1 Å². The lowest BCUT2D eigenvalue weighted by molar-refractivity contribution is -0.125. The van der Waals surface area contributed by atoms with Crippen molar-refractivity contribution < 1.29 is 18.0 Å². The molecule has 0 radical (unpaired) electrons. The third kappa shape index (κ3) is 4.62. The van der Waals surface area contributed by atoms with Gasteiger partial charge in [-0.2, -0.15) is 9.41 Å². The summed E-state index contributed by atoms with van der Waals surface area (Å²) in [5, 5.41) is 5.64. The minimum atomic E-state index is -3.62. The number of anilines is 1. The second-order valence-corrected chi connectivity index (χ2v) is 10.6. The third-order valence-electron chi connectivity index (χ3n) is 5.50. The Labute approximate surface area is 195 Å². The molecule has 0 aliphatic carbocycles. The summed E-state index contributed by atoms with van der Waals surface area (Å²) in [6.07, 6.45) is 0.480. The number of carbonyl (C=O) groups is 2. The van der Waals surface area contributed by atoms with Crippen LogP contribution in [0.1, 0.15) is 18.4 Å². The standard InChI is InChI=1S/C22H23BrN4O4S/c1-16-3-2-4-18(15-16)27-21(28)10-9-20(24-27)22(29)25-11-13-26(14-12-25)32(30,31)19-7-5-17(23)6-8-19/h2-8,15H,9-14H2,1H3. The van der Waals surface area contributed by atoms with E-state index >= 15 is 0 Å². The van der Waals surface area contributed by atoms with Crippen molar-refractivity contribution in [2.24, 2.45) is 5.10 Å². The van der Waals surface area contributed by atoms with Crippen molar-refractivity contribution in [1.29, 1.82) is 0 Å². The normalized spacial score (nSPS) is 17.9. The highest BCUT2D eigenvalue weighted by Crippen LogP contribution is 2.23. The molecule has 168 valence electrons. The van der Waals surface area contributed by atoms with Gasteiger partial charge in [-0.25, -0.2) is 13.4 Å². The van der Waals surface area contributed by atoms with Crippen LogP contribution >= 0.6 is 15.9 Å². The van der Waals surface area contributed by atoms with E-state index in [1.165, 1.54) is 9.31 Å². The number of hydrogen-bond donors (Lipinski definition) is 0. The summed E-state index contributed by atoms with van der Waals surface area (Å²) in [5.41, 5.74) is 1.94. The third-order valence-corrected chi connectivity index (χ3v) is 7.94. The number of rotatable bonds is 4. The molecule has 0 atom stereocenters. The smallest absolute Gasteiger partial charge is 0.270 e. The Kier molecular flexibility index (Phi) is 6.45. The molecule has 32 heavy (non-hydrogen) atoms. The summed E-state index contributed by atoms with van der Waals surface area (Å²) in [6, 6.07) is 13.9. The van der Waals surface area contributed by atoms with Crippen LogP contribution in [0.15, 0.2) is 63.0 Å². The molecule has 4 rings (SSSR count). The maximum atomic E-state index is 13.1. The van der Waals surface area contributed by atoms with Gasteiger partial charge in [0.15, 0.2) is 0 Å². The van der Waals surface area contributed by atoms with Crippen molar-refractivity contribution >= 4 is 49.2 Å². The van der Waals surface area contributed by atoms with Crippen molar-refractivity contribution in [3.8, 4) is 0 Å². The molecule has 8 nitrogen and oxygen atoms in total. The number of aryl methyl sites for hydroxylation is 1. The van der Waals surface area contributed by atoms with Crippen molar-refractivity contribution in [1.82, 2.24) is 9.21 Å². The Morgan fingerprint density at radius 3 is 2.34 bits per heavy atom. The largest absolute Gasteiger partial charge is 0.335 e. The molecule has 2 aliphatic rings. The molecule has 2 aromatic rings. The Morgan fingerprint density at radius 1 is 1.00 bits per heavy atom. The van der Waals surface area contributed by atoms with Gasteiger partial charge in [-0.15, -0.1) is 0 Å². The second-order valence-electron chi connectivity index (χ2n) is 7.74. The molecule has 2 aromatic carbocycles. The first kappa shape index (κ1) is 22.6. The molecule has 1 fully saturated rings. The van der Waals surface area contributed by atoms with Crippen LogP contribution in [-0.2, 0) is 19.6 Å². The Bertz CT molecular complexity index is 1170. The molecule has 0 aromatic heterocycles. The van der Waals surface area contributed by atoms with Gasteiger partial charge < -0.3 is 4.90 Å². The average molecular weight is 519 g/mol. The Balaban J connectivity index is 1.45. The number of carbonyl (C=O) groups excluding carboxylic acids is 2. The first-order valence-electron chi connectivity index (χ1n) is 10.3. The van der Waals surface area contributed by atoms with Gasteiger partial charge in [-0.3, -0.25) is 9.59 Å². The molecule has 0 saturated carbocycles. The molecule has 2 amide bonds. The van der Waals surface area contributed by atoms with Crippen LogP contribution in [0.3, 0.4) is 0 Å². The zero-order chi connectivity index (χ0) is 22.9. The Morgan fingerprint density at radius 2 is 1.69 bits per heavy atom. The molecule has 0 unspecified atom stereocenters. The van der Waals surface area contributed by atoms with Gasteiger partial charge in [-0.1, -0.05) is 28.1 Å². The summed E-state index contributed by atoms with van der Waals surface area (Å²) in [6.45, 7) is 2.88. The van der Waals surface area contributed by atoms with Crippen LogP contribution < -0.4 is 5.01 Å². The minimum Gasteiger partial charge on any atom is -0.335 e. The molecular formula is C22H23BrN4O4S. The summed E-state index contributed by atoms with van der Waals surface area (Å²) in [7, 11) is -3.62. The van der Waals surface area contributed by atoms with E-state index in [2.05, 4.69) is 21.0 Å². The Hall–Kier alpha value is -2.56. The lowest BCUT2D eigenvalue weighted by Gasteiger charge is -2.35. The monoisotopic (exact) mass is 518 g/mol. The lowest BCUT2D eigenvalue weighted by Crippen LogP contribution is -2.52. The molecular weight excluding hydrogens is 496 g/mol. The second kappa shape index (κ2) is 9.13. The van der Waals surface area contributed by atoms with Crippen LogP contribution in [0.4, 0.5) is 5.69 Å². The molecule has 2 aliphatic heterocycles. The van der Waals surface area contributed by atoms with Crippen molar-refractivity contribution in [3.05, 3.63) is 58.6 Å². The van der Waals surface area contributed by atoms with Gasteiger partial charge in [0.1, 0.15) is 5.71 Å². The number of nitrogens with zero attached hydrogens (tertiary/aromatic N) is 4. The van der Waals surface area contributed by atoms with E-state index < -0.39 is 10.0 Å². The number of halogens is 1. The predicted molar refractivity (Wildman–Crippen MR) is 125 cm³/mol. The molecule has 0 N–H and O–H groups in total. The molecule has 2 heterocycles. The summed E-state index contributed by atoms with van der Waals surface area (Å²) in [4.78, 5) is 27.3. The van der Waals surface area contributed by atoms with Gasteiger partial charge in [0.25, 0.3) is 5.91 Å². The highest BCUT2D eigenvalue weighted by atomic mass is 79.9. The number of piperazine rings is 1. The fraction of sp³-hybridized carbons (Fsp3) is 0.318. The predicted octanol–water partition coefficient (Wildman–Crippen LogP) is 2.77. The lowest BCUT2D eigenvalue weighted by atomic mass is 10.1. The summed E-state index contributed by atoms with van der Waals surface area (Å²) in [5.74, 6) is -0.409. The topological polar surface area (TPSA) is 90.4 Å². The van der Waals surface area contributed by atoms with E-state index in [-0.39, 0.29) is 55.7 Å². The summed E-state index contributed by atoms with van der Waals surface area (Å²) >= 11 is 3.31. The first-order valence-corrected chi connectivity index (χ1v) is 12.5. The van der Waals surface area contributed by atoms with Crippen LogP contribution in [0.5, 0.6) is 0 Å². The first-order chi connectivity index (χ1) is 15.3. The van der Waals surface area contributed by atoms with Crippen LogP contribution in [0, 0.1) is 6.92 Å². The van der Waals surface area contributed by atoms with Crippen molar-refractivity contribution in [2.75, 3.05) is 31.2 Å². The van der Waals surface area contributed by atoms with E-state index in [4.69, 9.17) is 0 Å². The van der Waals surface area contributed by atoms with Gasteiger partial charge in [0, 0.05) is 43.5 Å². The summed E-state index contributed by atoms with van der Waals surface area (Å²) < 4.78 is 28.0. The molecule has 1 saturated heterocycles.